The first kappa shape index (κ1) is 19.1. The van der Waals surface area contributed by atoms with Gasteiger partial charge in [0.05, 0.1) is 10.5 Å². The molecule has 28 heavy (non-hydrogen) atoms. The number of nitrogens with zero attached hydrogens (tertiary/aromatic N) is 3. The van der Waals surface area contributed by atoms with Gasteiger partial charge < -0.3 is 15.1 Å². The average Bonchev–Trinajstić information content (AvgIpc) is 3.24. The van der Waals surface area contributed by atoms with Crippen LogP contribution in [0.3, 0.4) is 0 Å². The molecular weight excluding hydrogens is 372 g/mol. The Labute approximate surface area is 169 Å². The number of likely N-dealkylation sites (N-methyl/N-ethyl adjacent to an activating group) is 1. The minimum atomic E-state index is -0.350. The van der Waals surface area contributed by atoms with Crippen LogP contribution in [0.2, 0.25) is 0 Å². The molecule has 2 aliphatic rings. The van der Waals surface area contributed by atoms with Crippen LogP contribution in [0.25, 0.3) is 0 Å². The summed E-state index contributed by atoms with van der Waals surface area (Å²) < 4.78 is 0. The number of benzene rings is 1. The number of likely N-dealkylation sites (tertiary alicyclic amines) is 2. The SMILES string of the molecule is CC(=O)N[C@]12CN(C)C[C@H]1CCN(C(=O)c1csc(Cc3ccccc3)n1)C2. The second-order valence-corrected chi connectivity index (χ2v) is 8.98. The van der Waals surface area contributed by atoms with E-state index in [-0.39, 0.29) is 17.4 Å². The number of thiazole rings is 1. The lowest BCUT2D eigenvalue weighted by Crippen LogP contribution is -2.64. The first-order valence-corrected chi connectivity index (χ1v) is 10.6. The van der Waals surface area contributed by atoms with Gasteiger partial charge in [0.2, 0.25) is 5.91 Å². The molecule has 2 saturated heterocycles. The molecule has 2 atom stereocenters. The number of amides is 2. The molecule has 1 aromatic carbocycles. The first-order chi connectivity index (χ1) is 13.4. The smallest absolute Gasteiger partial charge is 0.273 e. The standard InChI is InChI=1S/C21H26N4O2S/c1-15(26)23-21-13-24(2)11-17(21)8-9-25(14-21)20(27)18-12-28-19(22-18)10-16-6-4-3-5-7-16/h3-7,12,17H,8-11,13-14H2,1-2H3,(H,23,26)/t17-,21+/m1/s1. The van der Waals surface area contributed by atoms with Crippen LogP contribution in [0.1, 0.15) is 34.4 Å². The molecule has 0 bridgehead atoms. The van der Waals surface area contributed by atoms with E-state index in [9.17, 15) is 9.59 Å². The Hall–Kier alpha value is -2.25. The van der Waals surface area contributed by atoms with Crippen molar-refractivity contribution in [2.75, 3.05) is 33.2 Å². The highest BCUT2D eigenvalue weighted by molar-refractivity contribution is 7.09. The molecular formula is C21H26N4O2S. The fourth-order valence-electron chi connectivity index (χ4n) is 4.63. The summed E-state index contributed by atoms with van der Waals surface area (Å²) in [4.78, 5) is 33.7. The normalized spacial score (nSPS) is 24.8. The molecule has 1 N–H and O–H groups in total. The number of hydrogen-bond acceptors (Lipinski definition) is 5. The Morgan fingerprint density at radius 1 is 1.29 bits per heavy atom. The topological polar surface area (TPSA) is 65.5 Å². The number of piperidine rings is 1. The van der Waals surface area contributed by atoms with E-state index in [4.69, 9.17) is 0 Å². The predicted octanol–water partition coefficient (Wildman–Crippen LogP) is 2.02. The van der Waals surface area contributed by atoms with E-state index in [0.29, 0.717) is 24.7 Å². The Morgan fingerprint density at radius 3 is 2.82 bits per heavy atom. The highest BCUT2D eigenvalue weighted by Gasteiger charge is 2.50. The van der Waals surface area contributed by atoms with E-state index in [2.05, 4.69) is 34.4 Å². The third kappa shape index (κ3) is 3.82. The van der Waals surface area contributed by atoms with Crippen molar-refractivity contribution in [3.63, 3.8) is 0 Å². The van der Waals surface area contributed by atoms with Gasteiger partial charge in [0.15, 0.2) is 0 Å². The fourth-order valence-corrected chi connectivity index (χ4v) is 5.43. The molecule has 0 spiro atoms. The van der Waals surface area contributed by atoms with Gasteiger partial charge in [0.25, 0.3) is 5.91 Å². The van der Waals surface area contributed by atoms with E-state index >= 15 is 0 Å². The minimum absolute atomic E-state index is 0.0339. The van der Waals surface area contributed by atoms with Crippen LogP contribution in [0, 0.1) is 5.92 Å². The summed E-state index contributed by atoms with van der Waals surface area (Å²) in [5, 5.41) is 5.98. The molecule has 2 aromatic rings. The molecule has 4 rings (SSSR count). The van der Waals surface area contributed by atoms with Gasteiger partial charge in [-0.15, -0.1) is 11.3 Å². The lowest BCUT2D eigenvalue weighted by molar-refractivity contribution is -0.121. The van der Waals surface area contributed by atoms with Crippen LogP contribution in [0.5, 0.6) is 0 Å². The largest absolute Gasteiger partial charge is 0.347 e. The predicted molar refractivity (Wildman–Crippen MR) is 109 cm³/mol. The summed E-state index contributed by atoms with van der Waals surface area (Å²) in [7, 11) is 2.07. The Bertz CT molecular complexity index is 868. The number of carbonyl (C=O) groups excluding carboxylic acids is 2. The molecule has 0 radical (unpaired) electrons. The van der Waals surface area contributed by atoms with Crippen molar-refractivity contribution in [1.82, 2.24) is 20.1 Å². The first-order valence-electron chi connectivity index (χ1n) is 9.70. The number of nitrogens with one attached hydrogen (secondary N) is 1. The summed E-state index contributed by atoms with van der Waals surface area (Å²) in [6.07, 6.45) is 1.64. The molecule has 6 nitrogen and oxygen atoms in total. The fraction of sp³-hybridized carbons (Fsp3) is 0.476. The van der Waals surface area contributed by atoms with Crippen molar-refractivity contribution < 1.29 is 9.59 Å². The number of hydrogen-bond donors (Lipinski definition) is 1. The summed E-state index contributed by atoms with van der Waals surface area (Å²) in [6, 6.07) is 10.2. The van der Waals surface area contributed by atoms with Crippen LogP contribution in [0.4, 0.5) is 0 Å². The summed E-state index contributed by atoms with van der Waals surface area (Å²) in [5.74, 6) is 0.316. The molecule has 2 fully saturated rings. The lowest BCUT2D eigenvalue weighted by Gasteiger charge is -2.44. The summed E-state index contributed by atoms with van der Waals surface area (Å²) >= 11 is 1.53. The van der Waals surface area contributed by atoms with Gasteiger partial charge in [-0.25, -0.2) is 4.98 Å². The van der Waals surface area contributed by atoms with Gasteiger partial charge >= 0.3 is 0 Å². The Kier molecular flexibility index (Phi) is 5.21. The third-order valence-corrected chi connectivity index (χ3v) is 6.62. The second-order valence-electron chi connectivity index (χ2n) is 8.04. The highest BCUT2D eigenvalue weighted by atomic mass is 32.1. The van der Waals surface area contributed by atoms with Gasteiger partial charge in [0.1, 0.15) is 5.69 Å². The van der Waals surface area contributed by atoms with E-state index < -0.39 is 0 Å². The van der Waals surface area contributed by atoms with Crippen molar-refractivity contribution in [1.29, 1.82) is 0 Å². The molecule has 3 heterocycles. The zero-order chi connectivity index (χ0) is 19.7. The number of rotatable bonds is 4. The molecule has 148 valence electrons. The quantitative estimate of drug-likeness (QED) is 0.856. The maximum absolute atomic E-state index is 13.1. The lowest BCUT2D eigenvalue weighted by atomic mass is 9.80. The second kappa shape index (κ2) is 7.64. The van der Waals surface area contributed by atoms with Crippen LogP contribution in [0.15, 0.2) is 35.7 Å². The van der Waals surface area contributed by atoms with Crippen molar-refractivity contribution in [3.8, 4) is 0 Å². The van der Waals surface area contributed by atoms with Gasteiger partial charge in [0, 0.05) is 44.9 Å². The molecule has 1 aromatic heterocycles. The highest BCUT2D eigenvalue weighted by Crippen LogP contribution is 2.35. The van der Waals surface area contributed by atoms with Crippen molar-refractivity contribution in [3.05, 3.63) is 52.0 Å². The van der Waals surface area contributed by atoms with Crippen molar-refractivity contribution >= 4 is 23.2 Å². The molecule has 0 aliphatic carbocycles. The monoisotopic (exact) mass is 398 g/mol. The van der Waals surface area contributed by atoms with Crippen LogP contribution in [-0.4, -0.2) is 65.4 Å². The third-order valence-electron chi connectivity index (χ3n) is 5.77. The Morgan fingerprint density at radius 2 is 2.07 bits per heavy atom. The summed E-state index contributed by atoms with van der Waals surface area (Å²) in [6.45, 7) is 4.55. The van der Waals surface area contributed by atoms with E-state index in [1.165, 1.54) is 16.9 Å². The van der Waals surface area contributed by atoms with E-state index in [1.807, 2.05) is 28.5 Å². The van der Waals surface area contributed by atoms with E-state index in [1.54, 1.807) is 6.92 Å². The van der Waals surface area contributed by atoms with Gasteiger partial charge in [-0.1, -0.05) is 30.3 Å². The zero-order valence-electron chi connectivity index (χ0n) is 16.4. The van der Waals surface area contributed by atoms with Gasteiger partial charge in [-0.3, -0.25) is 9.59 Å². The van der Waals surface area contributed by atoms with Crippen molar-refractivity contribution in [2.45, 2.75) is 25.3 Å². The van der Waals surface area contributed by atoms with Crippen LogP contribution in [-0.2, 0) is 11.2 Å². The Balaban J connectivity index is 1.48. The zero-order valence-corrected chi connectivity index (χ0v) is 17.2. The van der Waals surface area contributed by atoms with E-state index in [0.717, 1.165) is 30.9 Å². The van der Waals surface area contributed by atoms with Gasteiger partial charge in [-0.05, 0) is 24.9 Å². The van der Waals surface area contributed by atoms with Crippen LogP contribution < -0.4 is 5.32 Å². The molecule has 7 heteroatoms. The van der Waals surface area contributed by atoms with Gasteiger partial charge in [-0.2, -0.15) is 0 Å². The average molecular weight is 399 g/mol. The molecule has 0 unspecified atom stereocenters. The molecule has 2 amide bonds. The minimum Gasteiger partial charge on any atom is -0.347 e. The number of aromatic nitrogens is 1. The number of carbonyl (C=O) groups is 2. The summed E-state index contributed by atoms with van der Waals surface area (Å²) in [5.41, 5.74) is 1.35. The maximum atomic E-state index is 13.1. The van der Waals surface area contributed by atoms with Crippen LogP contribution >= 0.6 is 11.3 Å². The molecule has 0 saturated carbocycles. The van der Waals surface area contributed by atoms with Crippen molar-refractivity contribution in [2.24, 2.45) is 5.92 Å². The number of fused-ring (bicyclic) bond motifs is 1. The molecule has 2 aliphatic heterocycles. The maximum Gasteiger partial charge on any atom is 0.273 e.